The maximum Gasteiger partial charge on any atom is 0.00190 e. The molecule has 1 heterocycles. The first-order valence-corrected chi connectivity index (χ1v) is 5.56. The van der Waals surface area contributed by atoms with E-state index >= 15 is 0 Å². The molecule has 0 saturated carbocycles. The van der Waals surface area contributed by atoms with Gasteiger partial charge in [0.25, 0.3) is 0 Å². The molecule has 64 valence electrons. The lowest BCUT2D eigenvalue weighted by atomic mass is 10.3. The quantitative estimate of drug-likeness (QED) is 0.519. The van der Waals surface area contributed by atoms with Gasteiger partial charge in [-0.2, -0.15) is 11.8 Å². The first kappa shape index (κ1) is 13.0. The highest BCUT2D eigenvalue weighted by atomic mass is 32.2. The Morgan fingerprint density at radius 2 is 1.60 bits per heavy atom. The predicted octanol–water partition coefficient (Wildman–Crippen LogP) is 3.95. The van der Waals surface area contributed by atoms with E-state index in [-0.39, 0.29) is 0 Å². The van der Waals surface area contributed by atoms with Crippen LogP contribution in [0.15, 0.2) is 0 Å². The minimum Gasteiger partial charge on any atom is -0.159 e. The van der Waals surface area contributed by atoms with Crippen LogP contribution in [0.5, 0.6) is 0 Å². The van der Waals surface area contributed by atoms with E-state index in [4.69, 9.17) is 0 Å². The molecule has 0 aromatic rings. The summed E-state index contributed by atoms with van der Waals surface area (Å²) in [5, 5.41) is 0.963. The Labute approximate surface area is 70.8 Å². The number of rotatable bonds is 0. The van der Waals surface area contributed by atoms with Gasteiger partial charge in [-0.15, -0.1) is 0 Å². The molecule has 1 aliphatic rings. The van der Waals surface area contributed by atoms with Crippen LogP contribution in [0.2, 0.25) is 0 Å². The van der Waals surface area contributed by atoms with Crippen LogP contribution < -0.4 is 0 Å². The maximum atomic E-state index is 2.30. The summed E-state index contributed by atoms with van der Waals surface area (Å²) in [4.78, 5) is 0. The van der Waals surface area contributed by atoms with Crippen LogP contribution in [0.25, 0.3) is 0 Å². The van der Waals surface area contributed by atoms with Crippen LogP contribution in [0.3, 0.4) is 0 Å². The normalized spacial score (nSPS) is 21.9. The second kappa shape index (κ2) is 12.1. The van der Waals surface area contributed by atoms with Gasteiger partial charge in [0.1, 0.15) is 0 Å². The minimum absolute atomic E-state index is 0.963. The molecule has 1 saturated heterocycles. The zero-order chi connectivity index (χ0) is 8.41. The molecule has 1 aliphatic heterocycles. The Morgan fingerprint density at radius 1 is 1.10 bits per heavy atom. The Kier molecular flexibility index (Phi) is 15.7. The average Bonchev–Trinajstić information content (AvgIpc) is 2.48. The summed E-state index contributed by atoms with van der Waals surface area (Å²) in [6.07, 6.45) is 2.90. The van der Waals surface area contributed by atoms with Gasteiger partial charge in [0, 0.05) is 5.25 Å². The fraction of sp³-hybridized carbons (Fsp3) is 1.00. The Morgan fingerprint density at radius 3 is 1.70 bits per heavy atom. The van der Waals surface area contributed by atoms with Crippen LogP contribution in [0.4, 0.5) is 0 Å². The summed E-state index contributed by atoms with van der Waals surface area (Å²) in [6, 6.07) is 0. The van der Waals surface area contributed by atoms with Crippen molar-refractivity contribution in [2.75, 3.05) is 5.75 Å². The van der Waals surface area contributed by atoms with E-state index in [0.29, 0.717) is 0 Å². The molecular weight excluding hydrogens is 140 g/mol. The van der Waals surface area contributed by atoms with Crippen molar-refractivity contribution in [2.24, 2.45) is 0 Å². The second-order valence-electron chi connectivity index (χ2n) is 1.82. The zero-order valence-electron chi connectivity index (χ0n) is 8.11. The van der Waals surface area contributed by atoms with Crippen LogP contribution in [-0.2, 0) is 0 Å². The van der Waals surface area contributed by atoms with Gasteiger partial charge in [0.05, 0.1) is 0 Å². The van der Waals surface area contributed by atoms with Crippen molar-refractivity contribution in [1.82, 2.24) is 0 Å². The topological polar surface area (TPSA) is 0 Å². The SMILES string of the molecule is CC.CC.CC1CCCS1. The second-order valence-corrected chi connectivity index (χ2v) is 3.37. The minimum atomic E-state index is 0.963. The van der Waals surface area contributed by atoms with Gasteiger partial charge in [-0.1, -0.05) is 34.6 Å². The Balaban J connectivity index is 0. The highest BCUT2D eigenvalue weighted by Gasteiger charge is 2.07. The van der Waals surface area contributed by atoms with Gasteiger partial charge in [0.2, 0.25) is 0 Å². The summed E-state index contributed by atoms with van der Waals surface area (Å²) in [7, 11) is 0. The van der Waals surface area contributed by atoms with Crippen molar-refractivity contribution in [3.05, 3.63) is 0 Å². The van der Waals surface area contributed by atoms with Gasteiger partial charge in [-0.05, 0) is 18.6 Å². The van der Waals surface area contributed by atoms with E-state index in [0.717, 1.165) is 5.25 Å². The van der Waals surface area contributed by atoms with E-state index in [1.54, 1.807) is 0 Å². The van der Waals surface area contributed by atoms with Crippen LogP contribution >= 0.6 is 11.8 Å². The van der Waals surface area contributed by atoms with E-state index in [9.17, 15) is 0 Å². The molecular formula is C9H22S. The molecule has 0 aliphatic carbocycles. The van der Waals surface area contributed by atoms with Gasteiger partial charge in [-0.25, -0.2) is 0 Å². The highest BCUT2D eigenvalue weighted by molar-refractivity contribution is 8.00. The molecule has 0 radical (unpaired) electrons. The smallest absolute Gasteiger partial charge is 0.00190 e. The number of thioether (sulfide) groups is 1. The molecule has 1 rings (SSSR count). The molecule has 0 aromatic carbocycles. The lowest BCUT2D eigenvalue weighted by Gasteiger charge is -1.91. The largest absolute Gasteiger partial charge is 0.159 e. The fourth-order valence-electron chi connectivity index (χ4n) is 0.739. The first-order valence-electron chi connectivity index (χ1n) is 4.51. The third kappa shape index (κ3) is 8.35. The average molecular weight is 162 g/mol. The third-order valence-corrected chi connectivity index (χ3v) is 2.49. The molecule has 1 heteroatoms. The van der Waals surface area contributed by atoms with Crippen molar-refractivity contribution in [2.45, 2.75) is 52.7 Å². The Bertz CT molecular complexity index is 38.0. The molecule has 0 bridgehead atoms. The molecule has 0 amide bonds. The van der Waals surface area contributed by atoms with E-state index in [1.165, 1.54) is 18.6 Å². The van der Waals surface area contributed by atoms with Crippen LogP contribution in [-0.4, -0.2) is 11.0 Å². The molecule has 1 unspecified atom stereocenters. The van der Waals surface area contributed by atoms with Crippen molar-refractivity contribution >= 4 is 11.8 Å². The Hall–Kier alpha value is 0.350. The first-order chi connectivity index (χ1) is 4.89. The molecule has 0 aromatic heterocycles. The van der Waals surface area contributed by atoms with Gasteiger partial charge < -0.3 is 0 Å². The van der Waals surface area contributed by atoms with Gasteiger partial charge in [-0.3, -0.25) is 0 Å². The monoisotopic (exact) mass is 162 g/mol. The predicted molar refractivity (Wildman–Crippen MR) is 53.9 cm³/mol. The van der Waals surface area contributed by atoms with Crippen molar-refractivity contribution in [3.8, 4) is 0 Å². The number of hydrogen-bond donors (Lipinski definition) is 0. The summed E-state index contributed by atoms with van der Waals surface area (Å²) in [6.45, 7) is 10.3. The van der Waals surface area contributed by atoms with E-state index in [2.05, 4.69) is 18.7 Å². The molecule has 0 N–H and O–H groups in total. The fourth-order valence-corrected chi connectivity index (χ4v) is 1.81. The summed E-state index contributed by atoms with van der Waals surface area (Å²) < 4.78 is 0. The highest BCUT2D eigenvalue weighted by Crippen LogP contribution is 2.24. The van der Waals surface area contributed by atoms with Gasteiger partial charge >= 0.3 is 0 Å². The molecule has 1 atom stereocenters. The lowest BCUT2D eigenvalue weighted by molar-refractivity contribution is 0.838. The van der Waals surface area contributed by atoms with Crippen LogP contribution in [0.1, 0.15) is 47.5 Å². The standard InChI is InChI=1S/C5H10S.2C2H6/c1-5-3-2-4-6-5;2*1-2/h5H,2-4H2,1H3;2*1-2H3. The van der Waals surface area contributed by atoms with E-state index in [1.807, 2.05) is 27.7 Å². The maximum absolute atomic E-state index is 2.30. The molecule has 0 spiro atoms. The van der Waals surface area contributed by atoms with Crippen LogP contribution in [0, 0.1) is 0 Å². The van der Waals surface area contributed by atoms with Crippen molar-refractivity contribution in [1.29, 1.82) is 0 Å². The lowest BCUT2D eigenvalue weighted by Crippen LogP contribution is -1.82. The summed E-state index contributed by atoms with van der Waals surface area (Å²) >= 11 is 2.10. The molecule has 1 fully saturated rings. The zero-order valence-corrected chi connectivity index (χ0v) is 8.92. The summed E-state index contributed by atoms with van der Waals surface area (Å²) in [5.41, 5.74) is 0. The molecule has 10 heavy (non-hydrogen) atoms. The molecule has 0 nitrogen and oxygen atoms in total. The summed E-state index contributed by atoms with van der Waals surface area (Å²) in [5.74, 6) is 1.40. The third-order valence-electron chi connectivity index (χ3n) is 1.16. The van der Waals surface area contributed by atoms with E-state index < -0.39 is 0 Å². The van der Waals surface area contributed by atoms with Gasteiger partial charge in [0.15, 0.2) is 0 Å². The van der Waals surface area contributed by atoms with Crippen molar-refractivity contribution in [3.63, 3.8) is 0 Å². The van der Waals surface area contributed by atoms with Crippen molar-refractivity contribution < 1.29 is 0 Å². The number of hydrogen-bond acceptors (Lipinski definition) is 1.